The fourth-order valence-corrected chi connectivity index (χ4v) is 4.03. The summed E-state index contributed by atoms with van der Waals surface area (Å²) in [4.78, 5) is 18.6. The molecule has 152 valence electrons. The van der Waals surface area contributed by atoms with Gasteiger partial charge in [-0.25, -0.2) is 4.98 Å². The molecule has 5 rings (SSSR count). The summed E-state index contributed by atoms with van der Waals surface area (Å²) < 4.78 is 5.52. The first-order valence-corrected chi connectivity index (χ1v) is 10.2. The molecule has 2 aliphatic rings. The highest BCUT2D eigenvalue weighted by atomic mass is 16.5. The van der Waals surface area contributed by atoms with Gasteiger partial charge in [0.1, 0.15) is 5.82 Å². The van der Waals surface area contributed by atoms with Gasteiger partial charge in [0.2, 0.25) is 5.95 Å². The van der Waals surface area contributed by atoms with E-state index in [1.165, 1.54) is 0 Å². The van der Waals surface area contributed by atoms with Gasteiger partial charge in [-0.15, -0.1) is 0 Å². The Morgan fingerprint density at radius 3 is 2.60 bits per heavy atom. The van der Waals surface area contributed by atoms with E-state index in [0.717, 1.165) is 65.9 Å². The van der Waals surface area contributed by atoms with Crippen LogP contribution < -0.4 is 15.5 Å². The molecule has 0 bridgehead atoms. The molecule has 1 fully saturated rings. The molecule has 7 heteroatoms. The Morgan fingerprint density at radius 1 is 1.03 bits per heavy atom. The maximum atomic E-state index is 5.95. The molecule has 2 aliphatic heterocycles. The van der Waals surface area contributed by atoms with Gasteiger partial charge < -0.3 is 20.3 Å². The van der Waals surface area contributed by atoms with Gasteiger partial charge >= 0.3 is 0 Å². The molecular weight excluding hydrogens is 376 g/mol. The Bertz CT molecular complexity index is 1080. The first kappa shape index (κ1) is 18.6. The molecule has 30 heavy (non-hydrogen) atoms. The highest BCUT2D eigenvalue weighted by Gasteiger charge is 2.29. The lowest BCUT2D eigenvalue weighted by molar-refractivity contribution is 0.122. The van der Waals surface area contributed by atoms with Crippen molar-refractivity contribution in [1.29, 1.82) is 0 Å². The van der Waals surface area contributed by atoms with Crippen LogP contribution in [0.2, 0.25) is 0 Å². The van der Waals surface area contributed by atoms with Gasteiger partial charge in [0, 0.05) is 54.5 Å². The number of ether oxygens (including phenoxy) is 1. The summed E-state index contributed by atoms with van der Waals surface area (Å²) >= 11 is 0. The van der Waals surface area contributed by atoms with E-state index in [1.807, 2.05) is 36.7 Å². The van der Waals surface area contributed by atoms with E-state index in [9.17, 15) is 0 Å². The van der Waals surface area contributed by atoms with Crippen LogP contribution in [-0.4, -0.2) is 47.8 Å². The number of morpholine rings is 1. The molecule has 1 saturated heterocycles. The molecule has 2 N–H and O–H groups in total. The maximum absolute atomic E-state index is 5.95. The second-order valence-corrected chi connectivity index (χ2v) is 7.49. The van der Waals surface area contributed by atoms with E-state index in [2.05, 4.69) is 33.5 Å². The van der Waals surface area contributed by atoms with Gasteiger partial charge in [-0.3, -0.25) is 4.98 Å². The number of benzene rings is 1. The number of nitrogens with two attached hydrogens (primary N) is 1. The lowest BCUT2D eigenvalue weighted by Crippen LogP contribution is -2.37. The van der Waals surface area contributed by atoms with Crippen molar-refractivity contribution in [1.82, 2.24) is 15.0 Å². The van der Waals surface area contributed by atoms with Crippen LogP contribution >= 0.6 is 0 Å². The highest BCUT2D eigenvalue weighted by Crippen LogP contribution is 2.39. The second-order valence-electron chi connectivity index (χ2n) is 7.49. The Balaban J connectivity index is 1.66. The minimum atomic E-state index is 0.550. The molecule has 0 spiro atoms. The van der Waals surface area contributed by atoms with Crippen molar-refractivity contribution < 1.29 is 4.74 Å². The number of hydrogen-bond donors (Lipinski definition) is 1. The maximum Gasteiger partial charge on any atom is 0.228 e. The summed E-state index contributed by atoms with van der Waals surface area (Å²) in [6, 6.07) is 12.1. The van der Waals surface area contributed by atoms with Crippen molar-refractivity contribution in [2.45, 2.75) is 6.42 Å². The molecule has 0 radical (unpaired) electrons. The van der Waals surface area contributed by atoms with Crippen LogP contribution in [-0.2, 0) is 11.2 Å². The number of aromatic nitrogens is 3. The number of pyridine rings is 1. The summed E-state index contributed by atoms with van der Waals surface area (Å²) in [5.74, 6) is 1.70. The van der Waals surface area contributed by atoms with Gasteiger partial charge in [-0.2, -0.15) is 4.98 Å². The predicted molar refractivity (Wildman–Crippen MR) is 119 cm³/mol. The van der Waals surface area contributed by atoms with E-state index >= 15 is 0 Å². The van der Waals surface area contributed by atoms with Crippen LogP contribution in [0, 0.1) is 0 Å². The van der Waals surface area contributed by atoms with Crippen LogP contribution in [0.4, 0.5) is 17.5 Å². The number of rotatable bonds is 4. The highest BCUT2D eigenvalue weighted by molar-refractivity contribution is 5.78. The van der Waals surface area contributed by atoms with E-state index in [4.69, 9.17) is 20.4 Å². The normalized spacial score (nSPS) is 15.9. The fraction of sp³-hybridized carbons (Fsp3) is 0.261. The first-order chi connectivity index (χ1) is 14.7. The van der Waals surface area contributed by atoms with Crippen LogP contribution in [0.15, 0.2) is 55.4 Å². The summed E-state index contributed by atoms with van der Waals surface area (Å²) in [5.41, 5.74) is 11.7. The molecule has 0 unspecified atom stereocenters. The van der Waals surface area contributed by atoms with Crippen molar-refractivity contribution >= 4 is 23.2 Å². The molecule has 0 amide bonds. The third-order valence-corrected chi connectivity index (χ3v) is 5.59. The van der Waals surface area contributed by atoms with Crippen molar-refractivity contribution in [2.24, 2.45) is 5.73 Å². The van der Waals surface area contributed by atoms with Gasteiger partial charge in [0.05, 0.1) is 18.9 Å². The summed E-state index contributed by atoms with van der Waals surface area (Å²) in [6.07, 6.45) is 4.51. The minimum Gasteiger partial charge on any atom is -0.399 e. The molecule has 0 saturated carbocycles. The minimum absolute atomic E-state index is 0.550. The number of nitrogens with zero attached hydrogens (tertiary/aromatic N) is 5. The lowest BCUT2D eigenvalue weighted by atomic mass is 10.0. The summed E-state index contributed by atoms with van der Waals surface area (Å²) in [5, 5.41) is 0. The zero-order valence-electron chi connectivity index (χ0n) is 16.8. The Labute approximate surface area is 175 Å². The van der Waals surface area contributed by atoms with Crippen molar-refractivity contribution in [3.63, 3.8) is 0 Å². The number of fused-ring (bicyclic) bond motifs is 1. The van der Waals surface area contributed by atoms with Crippen molar-refractivity contribution in [3.8, 4) is 11.3 Å². The molecule has 0 aliphatic carbocycles. The van der Waals surface area contributed by atoms with Crippen molar-refractivity contribution in [2.75, 3.05) is 42.6 Å². The number of anilines is 3. The standard InChI is InChI=1S/C23H24N6O/c1-16(24)17-3-2-4-18(15-17)21-20-7-10-29(19-5-8-25-9-6-19)22(20)27-23(26-21)28-11-13-30-14-12-28/h2-6,8-9,15H,1,7,10-14,24H2. The van der Waals surface area contributed by atoms with Crippen LogP contribution in [0.25, 0.3) is 17.0 Å². The molecule has 3 aromatic rings. The smallest absolute Gasteiger partial charge is 0.228 e. The fourth-order valence-electron chi connectivity index (χ4n) is 4.03. The van der Waals surface area contributed by atoms with Crippen LogP contribution in [0.5, 0.6) is 0 Å². The monoisotopic (exact) mass is 400 g/mol. The van der Waals surface area contributed by atoms with Gasteiger partial charge in [-0.1, -0.05) is 24.8 Å². The van der Waals surface area contributed by atoms with Gasteiger partial charge in [0.25, 0.3) is 0 Å². The quantitative estimate of drug-likeness (QED) is 0.721. The number of hydrogen-bond acceptors (Lipinski definition) is 7. The van der Waals surface area contributed by atoms with Gasteiger partial charge in [0.15, 0.2) is 0 Å². The summed E-state index contributed by atoms with van der Waals surface area (Å²) in [7, 11) is 0. The zero-order chi connectivity index (χ0) is 20.5. The first-order valence-electron chi connectivity index (χ1n) is 10.2. The molecule has 1 aromatic carbocycles. The third kappa shape index (κ3) is 3.37. The predicted octanol–water partition coefficient (Wildman–Crippen LogP) is 3.00. The molecule has 2 aromatic heterocycles. The van der Waals surface area contributed by atoms with E-state index < -0.39 is 0 Å². The topological polar surface area (TPSA) is 80.4 Å². The third-order valence-electron chi connectivity index (χ3n) is 5.59. The lowest BCUT2D eigenvalue weighted by Gasteiger charge is -2.28. The zero-order valence-corrected chi connectivity index (χ0v) is 16.8. The molecule has 4 heterocycles. The Morgan fingerprint density at radius 2 is 1.83 bits per heavy atom. The average Bonchev–Trinajstić information content (AvgIpc) is 3.24. The van der Waals surface area contributed by atoms with Crippen LogP contribution in [0.3, 0.4) is 0 Å². The largest absolute Gasteiger partial charge is 0.399 e. The van der Waals surface area contributed by atoms with E-state index in [-0.39, 0.29) is 0 Å². The Kier molecular flexibility index (Phi) is 4.80. The van der Waals surface area contributed by atoms with Crippen molar-refractivity contribution in [3.05, 3.63) is 66.5 Å². The Hall–Kier alpha value is -3.45. The molecular formula is C23H24N6O. The average molecular weight is 400 g/mol. The van der Waals surface area contributed by atoms with E-state index in [0.29, 0.717) is 18.9 Å². The van der Waals surface area contributed by atoms with E-state index in [1.54, 1.807) is 0 Å². The molecule has 0 atom stereocenters. The molecule has 7 nitrogen and oxygen atoms in total. The van der Waals surface area contributed by atoms with Gasteiger partial charge in [-0.05, 0) is 30.2 Å². The van der Waals surface area contributed by atoms with Crippen LogP contribution in [0.1, 0.15) is 11.1 Å². The summed E-state index contributed by atoms with van der Waals surface area (Å²) in [6.45, 7) is 7.69. The SMILES string of the molecule is C=C(N)c1cccc(-c2nc(N3CCOCC3)nc3c2CCN3c2ccncc2)c1. The second kappa shape index (κ2) is 7.76.